The number of rotatable bonds is 6. The largest absolute Gasteiger partial charge is 0.481 e. The molecule has 126 valence electrons. The average Bonchev–Trinajstić information content (AvgIpc) is 2.54. The molecule has 0 atom stereocenters. The van der Waals surface area contributed by atoms with Gasteiger partial charge in [-0.2, -0.15) is 0 Å². The molecular formula is C19H20ClNO3. The van der Waals surface area contributed by atoms with E-state index in [2.05, 4.69) is 5.32 Å². The highest BCUT2D eigenvalue weighted by atomic mass is 35.5. The number of carboxylic acid groups (broad SMARTS) is 1. The van der Waals surface area contributed by atoms with E-state index in [0.717, 1.165) is 11.1 Å². The fraction of sp³-hybridized carbons (Fsp3) is 0.263. The SMILES string of the molecule is CC(C)(C(=O)Nc1ccc(CCC(=O)O)cc1)c1cccc(Cl)c1. The van der Waals surface area contributed by atoms with Gasteiger partial charge in [-0.3, -0.25) is 9.59 Å². The Bertz CT molecular complexity index is 739. The Kier molecular flexibility index (Phi) is 5.62. The first kappa shape index (κ1) is 18.0. The van der Waals surface area contributed by atoms with Gasteiger partial charge in [0.1, 0.15) is 0 Å². The second kappa shape index (κ2) is 7.49. The van der Waals surface area contributed by atoms with Gasteiger partial charge in [-0.1, -0.05) is 35.9 Å². The van der Waals surface area contributed by atoms with Crippen LogP contribution in [-0.2, 0) is 21.4 Å². The van der Waals surface area contributed by atoms with Crippen LogP contribution in [0.2, 0.25) is 5.02 Å². The van der Waals surface area contributed by atoms with Crippen molar-refractivity contribution in [3.05, 3.63) is 64.7 Å². The molecule has 1 amide bonds. The average molecular weight is 346 g/mol. The molecule has 0 heterocycles. The topological polar surface area (TPSA) is 66.4 Å². The number of halogens is 1. The van der Waals surface area contributed by atoms with E-state index in [1.54, 1.807) is 24.3 Å². The quantitative estimate of drug-likeness (QED) is 0.821. The molecule has 0 unspecified atom stereocenters. The fourth-order valence-corrected chi connectivity index (χ4v) is 2.49. The molecule has 0 spiro atoms. The Morgan fingerprint density at radius 2 is 1.79 bits per heavy atom. The van der Waals surface area contributed by atoms with E-state index >= 15 is 0 Å². The lowest BCUT2D eigenvalue weighted by Gasteiger charge is -2.24. The van der Waals surface area contributed by atoms with Gasteiger partial charge in [0, 0.05) is 17.1 Å². The van der Waals surface area contributed by atoms with Gasteiger partial charge in [0.2, 0.25) is 5.91 Å². The van der Waals surface area contributed by atoms with Crippen LogP contribution in [0, 0.1) is 0 Å². The molecule has 2 rings (SSSR count). The number of carbonyl (C=O) groups is 2. The number of aliphatic carboxylic acids is 1. The molecule has 0 fully saturated rings. The lowest BCUT2D eigenvalue weighted by Crippen LogP contribution is -2.34. The Morgan fingerprint density at radius 1 is 1.12 bits per heavy atom. The van der Waals surface area contributed by atoms with E-state index in [9.17, 15) is 9.59 Å². The predicted molar refractivity (Wildman–Crippen MR) is 95.5 cm³/mol. The minimum atomic E-state index is -0.823. The number of carbonyl (C=O) groups excluding carboxylic acids is 1. The van der Waals surface area contributed by atoms with Crippen molar-refractivity contribution in [2.75, 3.05) is 5.32 Å². The molecular weight excluding hydrogens is 326 g/mol. The summed E-state index contributed by atoms with van der Waals surface area (Å²) in [6.45, 7) is 3.68. The van der Waals surface area contributed by atoms with Gasteiger partial charge in [0.15, 0.2) is 0 Å². The smallest absolute Gasteiger partial charge is 0.303 e. The summed E-state index contributed by atoms with van der Waals surface area (Å²) < 4.78 is 0. The summed E-state index contributed by atoms with van der Waals surface area (Å²) in [6, 6.07) is 14.5. The number of carboxylic acids is 1. The minimum Gasteiger partial charge on any atom is -0.481 e. The highest BCUT2D eigenvalue weighted by Gasteiger charge is 2.30. The third-order valence-electron chi connectivity index (χ3n) is 3.95. The maximum atomic E-state index is 12.6. The first-order valence-corrected chi connectivity index (χ1v) is 8.05. The molecule has 2 N–H and O–H groups in total. The monoisotopic (exact) mass is 345 g/mol. The van der Waals surface area contributed by atoms with Crippen LogP contribution in [0.5, 0.6) is 0 Å². The number of hydrogen-bond acceptors (Lipinski definition) is 2. The predicted octanol–water partition coefficient (Wildman–Crippen LogP) is 4.27. The van der Waals surface area contributed by atoms with E-state index in [0.29, 0.717) is 17.1 Å². The van der Waals surface area contributed by atoms with Crippen LogP contribution in [0.4, 0.5) is 5.69 Å². The van der Waals surface area contributed by atoms with Crippen molar-refractivity contribution in [1.82, 2.24) is 0 Å². The normalized spacial score (nSPS) is 11.1. The second-order valence-electron chi connectivity index (χ2n) is 6.18. The molecule has 2 aromatic rings. The van der Waals surface area contributed by atoms with Crippen LogP contribution in [0.1, 0.15) is 31.4 Å². The molecule has 0 bridgehead atoms. The van der Waals surface area contributed by atoms with Gasteiger partial charge >= 0.3 is 5.97 Å². The van der Waals surface area contributed by atoms with Gasteiger partial charge in [0.05, 0.1) is 5.41 Å². The summed E-state index contributed by atoms with van der Waals surface area (Å²) in [4.78, 5) is 23.2. The number of nitrogens with one attached hydrogen (secondary N) is 1. The first-order valence-electron chi connectivity index (χ1n) is 7.67. The van der Waals surface area contributed by atoms with Crippen molar-refractivity contribution in [3.8, 4) is 0 Å². The third-order valence-corrected chi connectivity index (χ3v) is 4.19. The molecule has 0 aliphatic heterocycles. The lowest BCUT2D eigenvalue weighted by molar-refractivity contribution is -0.137. The summed E-state index contributed by atoms with van der Waals surface area (Å²) in [5.74, 6) is -0.960. The molecule has 0 aromatic heterocycles. The molecule has 0 saturated carbocycles. The van der Waals surface area contributed by atoms with E-state index in [1.165, 1.54) is 0 Å². The zero-order chi connectivity index (χ0) is 17.7. The van der Waals surface area contributed by atoms with Crippen LogP contribution in [-0.4, -0.2) is 17.0 Å². The summed E-state index contributed by atoms with van der Waals surface area (Å²) in [5, 5.41) is 12.2. The Hall–Kier alpha value is -2.33. The molecule has 0 aliphatic rings. The zero-order valence-corrected chi connectivity index (χ0v) is 14.4. The second-order valence-corrected chi connectivity index (χ2v) is 6.62. The van der Waals surface area contributed by atoms with Crippen molar-refractivity contribution >= 4 is 29.2 Å². The maximum absolute atomic E-state index is 12.6. The van der Waals surface area contributed by atoms with E-state index in [-0.39, 0.29) is 12.3 Å². The molecule has 0 aliphatic carbocycles. The first-order chi connectivity index (χ1) is 11.3. The van der Waals surface area contributed by atoms with Crippen LogP contribution >= 0.6 is 11.6 Å². The van der Waals surface area contributed by atoms with Gasteiger partial charge in [0.25, 0.3) is 0 Å². The molecule has 24 heavy (non-hydrogen) atoms. The Morgan fingerprint density at radius 3 is 2.38 bits per heavy atom. The molecule has 2 aromatic carbocycles. The number of aryl methyl sites for hydroxylation is 1. The van der Waals surface area contributed by atoms with E-state index in [1.807, 2.05) is 38.1 Å². The number of anilines is 1. The standard InChI is InChI=1S/C19H20ClNO3/c1-19(2,14-4-3-5-15(20)12-14)18(24)21-16-9-6-13(7-10-16)8-11-17(22)23/h3-7,9-10,12H,8,11H2,1-2H3,(H,21,24)(H,22,23). The van der Waals surface area contributed by atoms with Crippen molar-refractivity contribution in [1.29, 1.82) is 0 Å². The van der Waals surface area contributed by atoms with Crippen molar-refractivity contribution in [2.45, 2.75) is 32.1 Å². The summed E-state index contributed by atoms with van der Waals surface area (Å²) >= 11 is 6.01. The number of hydrogen-bond donors (Lipinski definition) is 2. The highest BCUT2D eigenvalue weighted by molar-refractivity contribution is 6.30. The van der Waals surface area contributed by atoms with Gasteiger partial charge in [-0.25, -0.2) is 0 Å². The molecule has 4 nitrogen and oxygen atoms in total. The van der Waals surface area contributed by atoms with Crippen molar-refractivity contribution < 1.29 is 14.7 Å². The lowest BCUT2D eigenvalue weighted by atomic mass is 9.83. The summed E-state index contributed by atoms with van der Waals surface area (Å²) in [7, 11) is 0. The number of benzene rings is 2. The highest BCUT2D eigenvalue weighted by Crippen LogP contribution is 2.27. The van der Waals surface area contributed by atoms with Crippen LogP contribution in [0.3, 0.4) is 0 Å². The van der Waals surface area contributed by atoms with Crippen LogP contribution in [0.15, 0.2) is 48.5 Å². The Balaban J connectivity index is 2.07. The number of amides is 1. The van der Waals surface area contributed by atoms with Crippen molar-refractivity contribution in [3.63, 3.8) is 0 Å². The van der Waals surface area contributed by atoms with Crippen molar-refractivity contribution in [2.24, 2.45) is 0 Å². The molecule has 5 heteroatoms. The maximum Gasteiger partial charge on any atom is 0.303 e. The van der Waals surface area contributed by atoms with Crippen LogP contribution < -0.4 is 5.32 Å². The minimum absolute atomic E-state index is 0.0908. The van der Waals surface area contributed by atoms with E-state index < -0.39 is 11.4 Å². The summed E-state index contributed by atoms with van der Waals surface area (Å²) in [6.07, 6.45) is 0.561. The Labute approximate surface area is 146 Å². The van der Waals surface area contributed by atoms with Gasteiger partial charge in [-0.15, -0.1) is 0 Å². The molecule has 0 radical (unpaired) electrons. The van der Waals surface area contributed by atoms with Gasteiger partial charge in [-0.05, 0) is 55.7 Å². The third kappa shape index (κ3) is 4.59. The van der Waals surface area contributed by atoms with Gasteiger partial charge < -0.3 is 10.4 Å². The summed E-state index contributed by atoms with van der Waals surface area (Å²) in [5.41, 5.74) is 1.71. The zero-order valence-electron chi connectivity index (χ0n) is 13.7. The van der Waals surface area contributed by atoms with E-state index in [4.69, 9.17) is 16.7 Å². The molecule has 0 saturated heterocycles. The van der Waals surface area contributed by atoms with Crippen LogP contribution in [0.25, 0.3) is 0 Å². The fourth-order valence-electron chi connectivity index (χ4n) is 2.30.